The summed E-state index contributed by atoms with van der Waals surface area (Å²) in [5, 5.41) is 3.60. The van der Waals surface area contributed by atoms with Crippen LogP contribution >= 0.6 is 11.6 Å². The van der Waals surface area contributed by atoms with Gasteiger partial charge in [-0.05, 0) is 55.2 Å². The number of nitrogens with one attached hydrogen (secondary N) is 1. The highest BCUT2D eigenvalue weighted by Gasteiger charge is 2.30. The third-order valence-corrected chi connectivity index (χ3v) is 5.75. The van der Waals surface area contributed by atoms with E-state index in [1.54, 1.807) is 36.4 Å². The van der Waals surface area contributed by atoms with Crippen molar-refractivity contribution in [1.29, 1.82) is 0 Å². The van der Waals surface area contributed by atoms with Gasteiger partial charge >= 0.3 is 0 Å². The van der Waals surface area contributed by atoms with Gasteiger partial charge in [-0.1, -0.05) is 49.6 Å². The number of halogens is 2. The van der Waals surface area contributed by atoms with E-state index in [9.17, 15) is 14.0 Å². The molecule has 2 amide bonds. The highest BCUT2D eigenvalue weighted by atomic mass is 35.5. The zero-order valence-corrected chi connectivity index (χ0v) is 18.4. The molecule has 2 aromatic rings. The number of ether oxygens (including phenoxy) is 1. The molecule has 1 aliphatic carbocycles. The third kappa shape index (κ3) is 6.69. The van der Waals surface area contributed by atoms with Crippen LogP contribution in [0.1, 0.15) is 44.6 Å². The van der Waals surface area contributed by atoms with E-state index in [1.807, 2.05) is 6.92 Å². The molecule has 0 aromatic heterocycles. The van der Waals surface area contributed by atoms with Gasteiger partial charge in [-0.2, -0.15) is 0 Å². The Morgan fingerprint density at radius 1 is 1.19 bits per heavy atom. The number of hydrogen-bond donors (Lipinski definition) is 1. The van der Waals surface area contributed by atoms with E-state index in [-0.39, 0.29) is 36.8 Å². The van der Waals surface area contributed by atoms with Crippen LogP contribution in [-0.4, -0.2) is 35.4 Å². The molecule has 1 fully saturated rings. The summed E-state index contributed by atoms with van der Waals surface area (Å²) in [6.45, 7) is 1.84. The fourth-order valence-electron chi connectivity index (χ4n) is 3.86. The highest BCUT2D eigenvalue weighted by molar-refractivity contribution is 6.30. The lowest BCUT2D eigenvalue weighted by atomic mass is 10.1. The first-order valence-electron chi connectivity index (χ1n) is 10.7. The van der Waals surface area contributed by atoms with E-state index >= 15 is 0 Å². The number of amides is 2. The van der Waals surface area contributed by atoms with Crippen LogP contribution in [0, 0.1) is 5.82 Å². The monoisotopic (exact) mass is 446 g/mol. The molecular formula is C24H28ClFN2O3. The Labute approximate surface area is 187 Å². The predicted molar refractivity (Wildman–Crippen MR) is 118 cm³/mol. The number of carbonyl (C=O) groups excluding carboxylic acids is 2. The first-order valence-corrected chi connectivity index (χ1v) is 11.1. The maximum Gasteiger partial charge on any atom is 0.261 e. The van der Waals surface area contributed by atoms with Crippen molar-refractivity contribution in [1.82, 2.24) is 10.2 Å². The number of nitrogens with zero attached hydrogens (tertiary/aromatic N) is 1. The summed E-state index contributed by atoms with van der Waals surface area (Å²) in [5.41, 5.74) is 0.740. The van der Waals surface area contributed by atoms with Gasteiger partial charge in [-0.15, -0.1) is 0 Å². The van der Waals surface area contributed by atoms with Crippen LogP contribution in [-0.2, 0) is 16.1 Å². The predicted octanol–water partition coefficient (Wildman–Crippen LogP) is 4.72. The van der Waals surface area contributed by atoms with Crippen LogP contribution in [0.5, 0.6) is 5.75 Å². The molecule has 7 heteroatoms. The molecule has 5 nitrogen and oxygen atoms in total. The van der Waals surface area contributed by atoms with Gasteiger partial charge in [0.25, 0.3) is 5.91 Å². The molecular weight excluding hydrogens is 419 g/mol. The Balaban J connectivity index is 1.75. The largest absolute Gasteiger partial charge is 0.484 e. The molecule has 1 N–H and O–H groups in total. The van der Waals surface area contributed by atoms with Crippen LogP contribution in [0.2, 0.25) is 5.02 Å². The lowest BCUT2D eigenvalue weighted by molar-refractivity contribution is -0.143. The topological polar surface area (TPSA) is 58.6 Å². The summed E-state index contributed by atoms with van der Waals surface area (Å²) >= 11 is 5.98. The Hall–Kier alpha value is -2.60. The van der Waals surface area contributed by atoms with Crippen molar-refractivity contribution < 1.29 is 18.7 Å². The summed E-state index contributed by atoms with van der Waals surface area (Å²) in [7, 11) is 0. The van der Waals surface area contributed by atoms with E-state index in [4.69, 9.17) is 16.3 Å². The highest BCUT2D eigenvalue weighted by Crippen LogP contribution is 2.20. The molecule has 1 atom stereocenters. The molecule has 0 radical (unpaired) electrons. The van der Waals surface area contributed by atoms with Crippen molar-refractivity contribution in [3.05, 3.63) is 64.9 Å². The second-order valence-electron chi connectivity index (χ2n) is 7.81. The van der Waals surface area contributed by atoms with Gasteiger partial charge in [0.1, 0.15) is 17.6 Å². The maximum absolute atomic E-state index is 13.3. The molecule has 0 spiro atoms. The standard InChI is InChI=1S/C24H28ClFN2O3/c1-2-22(24(30)27-20-7-3-4-8-20)28(15-17-10-12-19(26)13-11-17)23(29)16-31-21-9-5-6-18(25)14-21/h5-6,9-14,20,22H,2-4,7-8,15-16H2,1H3,(H,27,30). The smallest absolute Gasteiger partial charge is 0.261 e. The van der Waals surface area contributed by atoms with Crippen molar-refractivity contribution >= 4 is 23.4 Å². The van der Waals surface area contributed by atoms with Crippen molar-refractivity contribution in [3.8, 4) is 5.75 Å². The molecule has 1 aliphatic rings. The number of hydrogen-bond acceptors (Lipinski definition) is 3. The Kier molecular flexibility index (Phi) is 8.29. The van der Waals surface area contributed by atoms with Gasteiger partial charge in [0.15, 0.2) is 6.61 Å². The molecule has 166 valence electrons. The molecule has 1 saturated carbocycles. The summed E-state index contributed by atoms with van der Waals surface area (Å²) in [5.74, 6) is -0.353. The second kappa shape index (κ2) is 11.1. The summed E-state index contributed by atoms with van der Waals surface area (Å²) in [4.78, 5) is 27.7. The van der Waals surface area contributed by atoms with Gasteiger partial charge in [0, 0.05) is 17.6 Å². The lowest BCUT2D eigenvalue weighted by Gasteiger charge is -2.31. The van der Waals surface area contributed by atoms with Crippen LogP contribution in [0.4, 0.5) is 4.39 Å². The van der Waals surface area contributed by atoms with E-state index in [0.29, 0.717) is 17.2 Å². The van der Waals surface area contributed by atoms with Gasteiger partial charge < -0.3 is 15.0 Å². The van der Waals surface area contributed by atoms with Crippen molar-refractivity contribution in [3.63, 3.8) is 0 Å². The fraction of sp³-hybridized carbons (Fsp3) is 0.417. The molecule has 2 aromatic carbocycles. The first kappa shape index (κ1) is 23.1. The summed E-state index contributed by atoms with van der Waals surface area (Å²) in [6.07, 6.45) is 4.60. The van der Waals surface area contributed by atoms with E-state index in [0.717, 1.165) is 31.2 Å². The zero-order valence-electron chi connectivity index (χ0n) is 17.7. The quantitative estimate of drug-likeness (QED) is 0.606. The number of benzene rings is 2. The Morgan fingerprint density at radius 3 is 2.55 bits per heavy atom. The maximum atomic E-state index is 13.3. The average molecular weight is 447 g/mol. The van der Waals surface area contributed by atoms with Crippen molar-refractivity contribution in [2.24, 2.45) is 0 Å². The number of carbonyl (C=O) groups is 2. The molecule has 1 unspecified atom stereocenters. The minimum Gasteiger partial charge on any atom is -0.484 e. The van der Waals surface area contributed by atoms with Crippen LogP contribution in [0.15, 0.2) is 48.5 Å². The second-order valence-corrected chi connectivity index (χ2v) is 8.24. The minimum atomic E-state index is -0.638. The summed E-state index contributed by atoms with van der Waals surface area (Å²) in [6, 6.07) is 12.3. The van der Waals surface area contributed by atoms with Gasteiger partial charge in [-0.25, -0.2) is 4.39 Å². The Bertz CT molecular complexity index is 885. The average Bonchev–Trinajstić information content (AvgIpc) is 3.26. The van der Waals surface area contributed by atoms with Crippen molar-refractivity contribution in [2.75, 3.05) is 6.61 Å². The summed E-state index contributed by atoms with van der Waals surface area (Å²) < 4.78 is 19.0. The third-order valence-electron chi connectivity index (χ3n) is 5.51. The number of rotatable bonds is 9. The first-order chi connectivity index (χ1) is 15.0. The zero-order chi connectivity index (χ0) is 22.2. The van der Waals surface area contributed by atoms with Crippen LogP contribution < -0.4 is 10.1 Å². The van der Waals surface area contributed by atoms with Gasteiger partial charge in [0.05, 0.1) is 0 Å². The molecule has 31 heavy (non-hydrogen) atoms. The molecule has 0 bridgehead atoms. The van der Waals surface area contributed by atoms with Crippen LogP contribution in [0.3, 0.4) is 0 Å². The molecule has 0 saturated heterocycles. The Morgan fingerprint density at radius 2 is 1.90 bits per heavy atom. The van der Waals surface area contributed by atoms with E-state index < -0.39 is 6.04 Å². The molecule has 0 aliphatic heterocycles. The van der Waals surface area contributed by atoms with Gasteiger partial charge in [0.2, 0.25) is 5.91 Å². The van der Waals surface area contributed by atoms with E-state index in [2.05, 4.69) is 5.32 Å². The van der Waals surface area contributed by atoms with Gasteiger partial charge in [-0.3, -0.25) is 9.59 Å². The molecule has 3 rings (SSSR count). The van der Waals surface area contributed by atoms with E-state index in [1.165, 1.54) is 17.0 Å². The fourth-order valence-corrected chi connectivity index (χ4v) is 4.04. The van der Waals surface area contributed by atoms with Crippen molar-refractivity contribution in [2.45, 2.75) is 57.7 Å². The SMILES string of the molecule is CCC(C(=O)NC1CCCC1)N(Cc1ccc(F)cc1)C(=O)COc1cccc(Cl)c1. The molecule has 0 heterocycles. The lowest BCUT2D eigenvalue weighted by Crippen LogP contribution is -2.52. The normalized spacial score (nSPS) is 14.8. The minimum absolute atomic E-state index is 0.159. The van der Waals surface area contributed by atoms with Crippen LogP contribution in [0.25, 0.3) is 0 Å².